The van der Waals surface area contributed by atoms with Gasteiger partial charge in [0, 0.05) is 16.8 Å². The molecule has 0 aromatic carbocycles. The summed E-state index contributed by atoms with van der Waals surface area (Å²) in [6.45, 7) is 1.78. The van der Waals surface area contributed by atoms with Crippen molar-refractivity contribution in [2.24, 2.45) is 0 Å². The van der Waals surface area contributed by atoms with Gasteiger partial charge in [-0.25, -0.2) is 8.78 Å². The number of alkyl halides is 3. The van der Waals surface area contributed by atoms with E-state index in [0.29, 0.717) is 16.8 Å². The fourth-order valence-corrected chi connectivity index (χ4v) is 2.73. The highest BCUT2D eigenvalue weighted by Crippen LogP contribution is 2.19. The van der Waals surface area contributed by atoms with Gasteiger partial charge in [0.05, 0.1) is 11.4 Å². The maximum Gasteiger partial charge on any atom is 0.264 e. The average molecular weight is 326 g/mol. The molecule has 0 fully saturated rings. The molecule has 0 saturated heterocycles. The van der Waals surface area contributed by atoms with Crippen LogP contribution in [0.25, 0.3) is 0 Å². The van der Waals surface area contributed by atoms with Gasteiger partial charge in [-0.3, -0.25) is 4.79 Å². The molecule has 0 bridgehead atoms. The van der Waals surface area contributed by atoms with Crippen LogP contribution in [0.1, 0.15) is 21.5 Å². The van der Waals surface area contributed by atoms with Crippen LogP contribution in [0.2, 0.25) is 0 Å². The van der Waals surface area contributed by atoms with E-state index in [-0.39, 0.29) is 5.91 Å². The Morgan fingerprint density at radius 1 is 1.53 bits per heavy atom. The summed E-state index contributed by atoms with van der Waals surface area (Å²) in [4.78, 5) is 14.8. The van der Waals surface area contributed by atoms with E-state index in [1.54, 1.807) is 6.07 Å². The Morgan fingerprint density at radius 2 is 2.24 bits per heavy atom. The summed E-state index contributed by atoms with van der Waals surface area (Å²) >= 11 is 4.54. The minimum absolute atomic E-state index is 0.294. The van der Waals surface area contributed by atoms with Crippen molar-refractivity contribution in [3.8, 4) is 0 Å². The maximum absolute atomic E-state index is 12.3. The molecule has 0 N–H and O–H groups in total. The van der Waals surface area contributed by atoms with Crippen LogP contribution in [0.4, 0.5) is 8.78 Å². The molecule has 1 amide bonds. The second-order valence-electron chi connectivity index (χ2n) is 3.45. The number of carbonyl (C=O) groups is 1. The molecule has 0 unspecified atom stereocenters. The Morgan fingerprint density at radius 3 is 2.71 bits per heavy atom. The first-order valence-electron chi connectivity index (χ1n) is 5.30. The Balaban J connectivity index is 2.75. The third-order valence-corrected chi connectivity index (χ3v) is 3.79. The van der Waals surface area contributed by atoms with Crippen molar-refractivity contribution < 1.29 is 13.6 Å². The van der Waals surface area contributed by atoms with Gasteiger partial charge in [0.25, 0.3) is 12.3 Å². The van der Waals surface area contributed by atoms with Crippen molar-refractivity contribution in [1.82, 2.24) is 4.90 Å². The zero-order valence-corrected chi connectivity index (χ0v) is 11.9. The molecular weight excluding hydrogens is 312 g/mol. The SMILES string of the molecule is CCc1ccc(C(=O)N(CCBr)CC(F)F)s1. The Kier molecular flexibility index (Phi) is 6.05. The second kappa shape index (κ2) is 7.06. The molecule has 1 heterocycles. The van der Waals surface area contributed by atoms with E-state index < -0.39 is 13.0 Å². The molecule has 0 aliphatic carbocycles. The number of rotatable bonds is 6. The molecular formula is C11H14BrF2NOS. The summed E-state index contributed by atoms with van der Waals surface area (Å²) in [5.74, 6) is -0.311. The summed E-state index contributed by atoms with van der Waals surface area (Å²) < 4.78 is 24.7. The zero-order chi connectivity index (χ0) is 12.8. The monoisotopic (exact) mass is 325 g/mol. The van der Waals surface area contributed by atoms with E-state index in [9.17, 15) is 13.6 Å². The molecule has 0 saturated carbocycles. The fourth-order valence-electron chi connectivity index (χ4n) is 1.38. The van der Waals surface area contributed by atoms with Gasteiger partial charge in [-0.05, 0) is 18.6 Å². The lowest BCUT2D eigenvalue weighted by Gasteiger charge is -2.20. The number of nitrogens with zero attached hydrogens (tertiary/aromatic N) is 1. The predicted molar refractivity (Wildman–Crippen MR) is 69.4 cm³/mol. The molecule has 1 aromatic rings. The molecule has 96 valence electrons. The van der Waals surface area contributed by atoms with Gasteiger partial charge in [0.2, 0.25) is 0 Å². The highest BCUT2D eigenvalue weighted by molar-refractivity contribution is 9.09. The van der Waals surface area contributed by atoms with Crippen molar-refractivity contribution in [3.63, 3.8) is 0 Å². The van der Waals surface area contributed by atoms with Crippen LogP contribution in [0.15, 0.2) is 12.1 Å². The van der Waals surface area contributed by atoms with Gasteiger partial charge in [-0.1, -0.05) is 22.9 Å². The number of hydrogen-bond acceptors (Lipinski definition) is 2. The van der Waals surface area contributed by atoms with Crippen LogP contribution < -0.4 is 0 Å². The molecule has 1 aromatic heterocycles. The minimum Gasteiger partial charge on any atom is -0.331 e. The van der Waals surface area contributed by atoms with Crippen molar-refractivity contribution in [1.29, 1.82) is 0 Å². The number of hydrogen-bond donors (Lipinski definition) is 0. The smallest absolute Gasteiger partial charge is 0.264 e. The van der Waals surface area contributed by atoms with Crippen LogP contribution in [-0.2, 0) is 6.42 Å². The highest BCUT2D eigenvalue weighted by atomic mass is 79.9. The normalized spacial score (nSPS) is 10.9. The first-order valence-corrected chi connectivity index (χ1v) is 7.24. The molecule has 2 nitrogen and oxygen atoms in total. The lowest BCUT2D eigenvalue weighted by Crippen LogP contribution is -2.36. The largest absolute Gasteiger partial charge is 0.331 e. The minimum atomic E-state index is -2.50. The van der Waals surface area contributed by atoms with Gasteiger partial charge < -0.3 is 4.90 Å². The zero-order valence-electron chi connectivity index (χ0n) is 9.46. The Hall–Kier alpha value is -0.490. The van der Waals surface area contributed by atoms with Crippen molar-refractivity contribution in [2.75, 3.05) is 18.4 Å². The first-order chi connectivity index (χ1) is 8.08. The molecule has 0 aliphatic rings. The third kappa shape index (κ3) is 4.35. The molecule has 0 radical (unpaired) electrons. The standard InChI is InChI=1S/C11H14BrF2NOS/c1-2-8-3-4-9(17-8)11(16)15(6-5-12)7-10(13)14/h3-4,10H,2,5-7H2,1H3. The van der Waals surface area contributed by atoms with Gasteiger partial charge in [-0.2, -0.15) is 0 Å². The number of carbonyl (C=O) groups excluding carboxylic acids is 1. The number of aryl methyl sites for hydroxylation is 1. The van der Waals surface area contributed by atoms with E-state index in [1.807, 2.05) is 13.0 Å². The van der Waals surface area contributed by atoms with Gasteiger partial charge in [0.15, 0.2) is 0 Å². The van der Waals surface area contributed by atoms with Gasteiger partial charge in [-0.15, -0.1) is 11.3 Å². The molecule has 0 atom stereocenters. The lowest BCUT2D eigenvalue weighted by molar-refractivity contribution is 0.0576. The van der Waals surface area contributed by atoms with Crippen LogP contribution >= 0.6 is 27.3 Å². The van der Waals surface area contributed by atoms with E-state index in [1.165, 1.54) is 16.2 Å². The van der Waals surface area contributed by atoms with Crippen molar-refractivity contribution in [2.45, 2.75) is 19.8 Å². The third-order valence-electron chi connectivity index (χ3n) is 2.22. The molecule has 0 aliphatic heterocycles. The Bertz CT molecular complexity index is 370. The van der Waals surface area contributed by atoms with Crippen molar-refractivity contribution in [3.05, 3.63) is 21.9 Å². The summed E-state index contributed by atoms with van der Waals surface area (Å²) in [7, 11) is 0. The van der Waals surface area contributed by atoms with Gasteiger partial charge >= 0.3 is 0 Å². The highest BCUT2D eigenvalue weighted by Gasteiger charge is 2.20. The summed E-state index contributed by atoms with van der Waals surface area (Å²) in [6.07, 6.45) is -1.64. The molecule has 6 heteroatoms. The maximum atomic E-state index is 12.3. The molecule has 0 spiro atoms. The summed E-state index contributed by atoms with van der Waals surface area (Å²) in [5.41, 5.74) is 0. The van der Waals surface area contributed by atoms with Crippen LogP contribution in [0.3, 0.4) is 0 Å². The quantitative estimate of drug-likeness (QED) is 0.734. The topological polar surface area (TPSA) is 20.3 Å². The summed E-state index contributed by atoms with van der Waals surface area (Å²) in [6, 6.07) is 3.57. The fraction of sp³-hybridized carbons (Fsp3) is 0.545. The number of halogens is 3. The Labute approximate surface area is 112 Å². The predicted octanol–water partition coefficient (Wildman–Crippen LogP) is 3.41. The summed E-state index contributed by atoms with van der Waals surface area (Å²) in [5, 5.41) is 0.497. The van der Waals surface area contributed by atoms with E-state index in [0.717, 1.165) is 11.3 Å². The van der Waals surface area contributed by atoms with Crippen molar-refractivity contribution >= 4 is 33.2 Å². The second-order valence-corrected chi connectivity index (χ2v) is 5.41. The van der Waals surface area contributed by atoms with E-state index in [4.69, 9.17) is 0 Å². The van der Waals surface area contributed by atoms with Gasteiger partial charge in [0.1, 0.15) is 0 Å². The average Bonchev–Trinajstić information content (AvgIpc) is 2.75. The molecule has 17 heavy (non-hydrogen) atoms. The van der Waals surface area contributed by atoms with E-state index >= 15 is 0 Å². The van der Waals surface area contributed by atoms with E-state index in [2.05, 4.69) is 15.9 Å². The number of thiophene rings is 1. The first kappa shape index (κ1) is 14.6. The number of amides is 1. The lowest BCUT2D eigenvalue weighted by atomic mass is 10.3. The van der Waals surface area contributed by atoms with Crippen LogP contribution in [0, 0.1) is 0 Å². The van der Waals surface area contributed by atoms with Crippen LogP contribution in [0.5, 0.6) is 0 Å². The van der Waals surface area contributed by atoms with Crippen LogP contribution in [-0.4, -0.2) is 35.7 Å². The molecule has 1 rings (SSSR count).